The number of rotatable bonds is 17. The van der Waals surface area contributed by atoms with Gasteiger partial charge in [-0.05, 0) is 31.9 Å². The van der Waals surface area contributed by atoms with Crippen molar-refractivity contribution < 1.29 is 0 Å². The Balaban J connectivity index is 3.94. The fourth-order valence-electron chi connectivity index (χ4n) is 2.84. The largest absolute Gasteiger partial charge is 0.370 e. The summed E-state index contributed by atoms with van der Waals surface area (Å²) in [5.41, 5.74) is 0. The summed E-state index contributed by atoms with van der Waals surface area (Å²) < 4.78 is 0. The number of allylic oxidation sites excluding steroid dienone is 1. The van der Waals surface area contributed by atoms with E-state index in [1.165, 1.54) is 57.8 Å². The van der Waals surface area contributed by atoms with Crippen molar-refractivity contribution in [2.75, 3.05) is 6.54 Å². The van der Waals surface area contributed by atoms with Gasteiger partial charge in [-0.15, -0.1) is 19.7 Å². The molecule has 0 aromatic rings. The zero-order valence-electron chi connectivity index (χ0n) is 15.5. The van der Waals surface area contributed by atoms with Gasteiger partial charge in [0.1, 0.15) is 0 Å². The van der Waals surface area contributed by atoms with Crippen LogP contribution in [0.2, 0.25) is 0 Å². The van der Waals surface area contributed by atoms with Gasteiger partial charge in [0.2, 0.25) is 0 Å². The van der Waals surface area contributed by atoms with Crippen LogP contribution in [-0.2, 0) is 0 Å². The molecule has 0 aliphatic heterocycles. The highest BCUT2D eigenvalue weighted by atomic mass is 15.1. The molecule has 0 fully saturated rings. The van der Waals surface area contributed by atoms with E-state index in [-0.39, 0.29) is 0 Å². The fourth-order valence-corrected chi connectivity index (χ4v) is 2.84. The van der Waals surface area contributed by atoms with Crippen molar-refractivity contribution in [3.05, 3.63) is 50.2 Å². The first kappa shape index (κ1) is 21.8. The number of unbranched alkanes of at least 4 members (excludes halogenated alkanes) is 8. The molecule has 0 spiro atoms. The molecule has 1 heteroatoms. The fraction of sp³-hybridized carbons (Fsp3) is 0.636. The van der Waals surface area contributed by atoms with Crippen molar-refractivity contribution >= 4 is 0 Å². The molecule has 0 saturated carbocycles. The van der Waals surface area contributed by atoms with Crippen LogP contribution in [0.15, 0.2) is 50.2 Å². The minimum absolute atomic E-state index is 0.456. The molecule has 1 nitrogen and oxygen atoms in total. The molecule has 23 heavy (non-hydrogen) atoms. The van der Waals surface area contributed by atoms with Gasteiger partial charge in [-0.25, -0.2) is 0 Å². The molecule has 132 valence electrons. The molecule has 0 amide bonds. The minimum Gasteiger partial charge on any atom is -0.370 e. The molecule has 0 aliphatic carbocycles. The number of nitrogens with zero attached hydrogens (tertiary/aromatic N) is 1. The van der Waals surface area contributed by atoms with Gasteiger partial charge < -0.3 is 4.90 Å². The van der Waals surface area contributed by atoms with Crippen LogP contribution in [0.3, 0.4) is 0 Å². The molecule has 0 saturated heterocycles. The molecule has 0 aliphatic rings. The third-order valence-corrected chi connectivity index (χ3v) is 4.21. The van der Waals surface area contributed by atoms with Crippen LogP contribution in [0.4, 0.5) is 0 Å². The molecule has 0 aromatic carbocycles. The molecule has 0 N–H and O–H groups in total. The summed E-state index contributed by atoms with van der Waals surface area (Å²) in [4.78, 5) is 2.36. The van der Waals surface area contributed by atoms with Crippen LogP contribution in [0.5, 0.6) is 0 Å². The summed E-state index contributed by atoms with van der Waals surface area (Å²) in [6.45, 7) is 14.8. The molecule has 0 rings (SSSR count). The van der Waals surface area contributed by atoms with E-state index in [4.69, 9.17) is 0 Å². The highest BCUT2D eigenvalue weighted by molar-refractivity contribution is 4.95. The second kappa shape index (κ2) is 17.1. The van der Waals surface area contributed by atoms with Gasteiger partial charge >= 0.3 is 0 Å². The molecule has 0 bridgehead atoms. The maximum atomic E-state index is 3.88. The zero-order chi connectivity index (χ0) is 17.2. The second-order valence-corrected chi connectivity index (χ2v) is 6.34. The first-order chi connectivity index (χ1) is 11.3. The SMILES string of the molecule is C=CCC(CC=C)N(C=CCCCCCCCCCC)CC=C. The van der Waals surface area contributed by atoms with Crippen molar-refractivity contribution in [3.63, 3.8) is 0 Å². The third kappa shape index (κ3) is 12.9. The monoisotopic (exact) mass is 317 g/mol. The Hall–Kier alpha value is -1.24. The van der Waals surface area contributed by atoms with E-state index in [1.54, 1.807) is 0 Å². The van der Waals surface area contributed by atoms with E-state index >= 15 is 0 Å². The van der Waals surface area contributed by atoms with Gasteiger partial charge in [0, 0.05) is 12.6 Å². The average Bonchev–Trinajstić information content (AvgIpc) is 2.55. The molecule has 0 aromatic heterocycles. The van der Waals surface area contributed by atoms with Gasteiger partial charge in [0.25, 0.3) is 0 Å². The maximum Gasteiger partial charge on any atom is 0.0356 e. The standard InChI is InChI=1S/C22H39N/c1-5-9-10-11-12-13-14-15-16-17-21-23(20-8-4)22(18-6-2)19-7-3/h6-8,17,21-22H,2-5,9-16,18-20H2,1H3. The van der Waals surface area contributed by atoms with Crippen LogP contribution in [0.25, 0.3) is 0 Å². The first-order valence-electron chi connectivity index (χ1n) is 9.55. The van der Waals surface area contributed by atoms with Crippen molar-refractivity contribution in [2.45, 2.75) is 83.6 Å². The predicted molar refractivity (Wildman–Crippen MR) is 107 cm³/mol. The highest BCUT2D eigenvalue weighted by Gasteiger charge is 2.10. The van der Waals surface area contributed by atoms with E-state index < -0.39 is 0 Å². The Bertz CT molecular complexity index is 306. The Morgan fingerprint density at radius 3 is 1.87 bits per heavy atom. The van der Waals surface area contributed by atoms with E-state index in [0.29, 0.717) is 6.04 Å². The van der Waals surface area contributed by atoms with Gasteiger partial charge in [-0.3, -0.25) is 0 Å². The van der Waals surface area contributed by atoms with E-state index in [9.17, 15) is 0 Å². The molecule has 0 radical (unpaired) electrons. The van der Waals surface area contributed by atoms with E-state index in [0.717, 1.165) is 19.4 Å². The Labute approximate surface area is 145 Å². The quantitative estimate of drug-likeness (QED) is 0.205. The van der Waals surface area contributed by atoms with Crippen LogP contribution in [0.1, 0.15) is 77.6 Å². The second-order valence-electron chi connectivity index (χ2n) is 6.34. The maximum absolute atomic E-state index is 3.88. The molecule has 0 unspecified atom stereocenters. The van der Waals surface area contributed by atoms with Crippen LogP contribution >= 0.6 is 0 Å². The lowest BCUT2D eigenvalue weighted by atomic mass is 10.1. The number of hydrogen-bond acceptors (Lipinski definition) is 1. The average molecular weight is 318 g/mol. The lowest BCUT2D eigenvalue weighted by molar-refractivity contribution is 0.303. The van der Waals surface area contributed by atoms with Gasteiger partial charge in [0.05, 0.1) is 0 Å². The van der Waals surface area contributed by atoms with E-state index in [2.05, 4.69) is 43.8 Å². The topological polar surface area (TPSA) is 3.24 Å². The zero-order valence-corrected chi connectivity index (χ0v) is 15.5. The van der Waals surface area contributed by atoms with E-state index in [1.807, 2.05) is 18.2 Å². The Morgan fingerprint density at radius 1 is 0.783 bits per heavy atom. The van der Waals surface area contributed by atoms with Crippen molar-refractivity contribution in [2.24, 2.45) is 0 Å². The van der Waals surface area contributed by atoms with Crippen molar-refractivity contribution in [3.8, 4) is 0 Å². The first-order valence-corrected chi connectivity index (χ1v) is 9.55. The summed E-state index contributed by atoms with van der Waals surface area (Å²) >= 11 is 0. The van der Waals surface area contributed by atoms with Crippen LogP contribution < -0.4 is 0 Å². The molecule has 0 heterocycles. The summed E-state index contributed by atoms with van der Waals surface area (Å²) in [6.07, 6.45) is 24.7. The lowest BCUT2D eigenvalue weighted by Crippen LogP contribution is -2.30. The Morgan fingerprint density at radius 2 is 1.35 bits per heavy atom. The van der Waals surface area contributed by atoms with Gasteiger partial charge in [0.15, 0.2) is 0 Å². The number of hydrogen-bond donors (Lipinski definition) is 0. The van der Waals surface area contributed by atoms with Crippen molar-refractivity contribution in [1.29, 1.82) is 0 Å². The molecular weight excluding hydrogens is 278 g/mol. The summed E-state index contributed by atoms with van der Waals surface area (Å²) in [5.74, 6) is 0. The predicted octanol–water partition coefficient (Wildman–Crippen LogP) is 7.04. The summed E-state index contributed by atoms with van der Waals surface area (Å²) in [7, 11) is 0. The lowest BCUT2D eigenvalue weighted by Gasteiger charge is -2.28. The molecule has 0 atom stereocenters. The smallest absolute Gasteiger partial charge is 0.0356 e. The molecular formula is C22H39N. The summed E-state index contributed by atoms with van der Waals surface area (Å²) in [6, 6.07) is 0.456. The summed E-state index contributed by atoms with van der Waals surface area (Å²) in [5, 5.41) is 0. The van der Waals surface area contributed by atoms with Crippen LogP contribution in [0, 0.1) is 0 Å². The van der Waals surface area contributed by atoms with Crippen LogP contribution in [-0.4, -0.2) is 17.5 Å². The highest BCUT2D eigenvalue weighted by Crippen LogP contribution is 2.13. The normalized spacial score (nSPS) is 11.0. The van der Waals surface area contributed by atoms with Gasteiger partial charge in [-0.1, -0.05) is 76.2 Å². The minimum atomic E-state index is 0.456. The third-order valence-electron chi connectivity index (χ3n) is 4.21. The van der Waals surface area contributed by atoms with Gasteiger partial charge in [-0.2, -0.15) is 0 Å². The Kier molecular flexibility index (Phi) is 16.2. The van der Waals surface area contributed by atoms with Crippen molar-refractivity contribution in [1.82, 2.24) is 4.90 Å².